The molecule has 4 heteroatoms. The number of rotatable bonds is 3. The smallest absolute Gasteiger partial charge is 0.339 e. The van der Waals surface area contributed by atoms with Gasteiger partial charge in [-0.15, -0.1) is 0 Å². The number of carboxylic acids is 1. The highest BCUT2D eigenvalue weighted by Crippen LogP contribution is 2.30. The maximum absolute atomic E-state index is 11.1. The summed E-state index contributed by atoms with van der Waals surface area (Å²) >= 11 is 0. The molecule has 2 rings (SSSR count). The average Bonchev–Trinajstić information content (AvgIpc) is 2.35. The van der Waals surface area contributed by atoms with E-state index in [2.05, 4.69) is 11.1 Å². The van der Waals surface area contributed by atoms with Crippen molar-refractivity contribution < 1.29 is 14.6 Å². The molecule has 19 heavy (non-hydrogen) atoms. The lowest BCUT2D eigenvalue weighted by Crippen LogP contribution is -2.01. The lowest BCUT2D eigenvalue weighted by molar-refractivity contribution is 0.0694. The third kappa shape index (κ3) is 2.73. The van der Waals surface area contributed by atoms with E-state index in [9.17, 15) is 4.79 Å². The number of aryl methyl sites for hydroxylation is 2. The van der Waals surface area contributed by atoms with Gasteiger partial charge in [0.1, 0.15) is 11.3 Å². The van der Waals surface area contributed by atoms with E-state index in [0.29, 0.717) is 5.75 Å². The van der Waals surface area contributed by atoms with Crippen LogP contribution in [0.25, 0.3) is 0 Å². The number of carbonyl (C=O) groups is 1. The van der Waals surface area contributed by atoms with Crippen LogP contribution >= 0.6 is 0 Å². The van der Waals surface area contributed by atoms with Crippen molar-refractivity contribution in [3.8, 4) is 11.5 Å². The molecule has 1 aromatic carbocycles. The van der Waals surface area contributed by atoms with Gasteiger partial charge in [0.15, 0.2) is 5.75 Å². The molecule has 0 bridgehead atoms. The molecule has 1 heterocycles. The number of pyridine rings is 1. The monoisotopic (exact) mass is 257 g/mol. The molecule has 2 aromatic rings. The Hall–Kier alpha value is -2.36. The second-order valence-electron chi connectivity index (χ2n) is 4.48. The minimum absolute atomic E-state index is 0.105. The van der Waals surface area contributed by atoms with Crippen LogP contribution in [0.4, 0.5) is 0 Å². The highest BCUT2D eigenvalue weighted by molar-refractivity contribution is 5.90. The molecular weight excluding hydrogens is 242 g/mol. The van der Waals surface area contributed by atoms with E-state index in [-0.39, 0.29) is 11.3 Å². The normalized spacial score (nSPS) is 10.3. The fraction of sp³-hybridized carbons (Fsp3) is 0.200. The molecule has 0 saturated heterocycles. The summed E-state index contributed by atoms with van der Waals surface area (Å²) in [6, 6.07) is 5.38. The number of aromatic nitrogens is 1. The van der Waals surface area contributed by atoms with Crippen molar-refractivity contribution in [1.29, 1.82) is 0 Å². The minimum atomic E-state index is -1.03. The number of nitrogens with zero attached hydrogens (tertiary/aromatic N) is 1. The predicted octanol–water partition coefficient (Wildman–Crippen LogP) is 3.50. The third-order valence-corrected chi connectivity index (χ3v) is 3.00. The van der Waals surface area contributed by atoms with Crippen molar-refractivity contribution >= 4 is 5.97 Å². The largest absolute Gasteiger partial charge is 0.478 e. The fourth-order valence-electron chi connectivity index (χ4n) is 1.86. The Morgan fingerprint density at radius 1 is 1.21 bits per heavy atom. The summed E-state index contributed by atoms with van der Waals surface area (Å²) in [5.74, 6) is -0.115. The molecule has 0 saturated carbocycles. The topological polar surface area (TPSA) is 59.4 Å². The van der Waals surface area contributed by atoms with Crippen LogP contribution in [0.3, 0.4) is 0 Å². The summed E-state index contributed by atoms with van der Waals surface area (Å²) in [6.07, 6.45) is 2.85. The highest BCUT2D eigenvalue weighted by atomic mass is 16.5. The third-order valence-electron chi connectivity index (χ3n) is 3.00. The van der Waals surface area contributed by atoms with E-state index in [4.69, 9.17) is 9.84 Å². The highest BCUT2D eigenvalue weighted by Gasteiger charge is 2.13. The van der Waals surface area contributed by atoms with Crippen molar-refractivity contribution in [2.75, 3.05) is 0 Å². The van der Waals surface area contributed by atoms with Gasteiger partial charge in [-0.3, -0.25) is 4.98 Å². The van der Waals surface area contributed by atoms with Gasteiger partial charge in [0.05, 0.1) is 6.20 Å². The lowest BCUT2D eigenvalue weighted by atomic mass is 10.1. The summed E-state index contributed by atoms with van der Waals surface area (Å²) in [5, 5.41) is 9.11. The zero-order valence-corrected chi connectivity index (χ0v) is 11.1. The van der Waals surface area contributed by atoms with E-state index in [1.807, 2.05) is 26.8 Å². The molecule has 1 aromatic heterocycles. The van der Waals surface area contributed by atoms with Gasteiger partial charge >= 0.3 is 5.97 Å². The molecule has 0 aliphatic rings. The number of aromatic carboxylic acids is 1. The zero-order chi connectivity index (χ0) is 14.0. The standard InChI is InChI=1S/C15H15NO3/c1-9-6-10(2)11(3)13(7-9)19-14-8-16-5-4-12(14)15(17)18/h4-8H,1-3H3,(H,17,18). The maximum atomic E-state index is 11.1. The molecule has 4 nitrogen and oxygen atoms in total. The number of hydrogen-bond donors (Lipinski definition) is 1. The number of ether oxygens (including phenoxy) is 1. The second kappa shape index (κ2) is 5.10. The molecule has 0 radical (unpaired) electrons. The van der Waals surface area contributed by atoms with Crippen LogP contribution in [0.5, 0.6) is 11.5 Å². The van der Waals surface area contributed by atoms with Gasteiger partial charge < -0.3 is 9.84 Å². The first-order valence-corrected chi connectivity index (χ1v) is 5.92. The molecule has 0 amide bonds. The average molecular weight is 257 g/mol. The Morgan fingerprint density at radius 3 is 2.63 bits per heavy atom. The van der Waals surface area contributed by atoms with Crippen LogP contribution in [-0.4, -0.2) is 16.1 Å². The summed E-state index contributed by atoms with van der Waals surface area (Å²) in [4.78, 5) is 15.0. The Bertz CT molecular complexity index is 635. The van der Waals surface area contributed by atoms with Gasteiger partial charge in [0.25, 0.3) is 0 Å². The van der Waals surface area contributed by atoms with Crippen molar-refractivity contribution in [2.24, 2.45) is 0 Å². The van der Waals surface area contributed by atoms with E-state index in [1.165, 1.54) is 18.5 Å². The Balaban J connectivity index is 2.45. The van der Waals surface area contributed by atoms with E-state index >= 15 is 0 Å². The van der Waals surface area contributed by atoms with Gasteiger partial charge in [-0.25, -0.2) is 4.79 Å². The van der Waals surface area contributed by atoms with Gasteiger partial charge in [0.2, 0.25) is 0 Å². The predicted molar refractivity (Wildman–Crippen MR) is 71.9 cm³/mol. The van der Waals surface area contributed by atoms with Crippen molar-refractivity contribution in [2.45, 2.75) is 20.8 Å². The maximum Gasteiger partial charge on any atom is 0.339 e. The fourth-order valence-corrected chi connectivity index (χ4v) is 1.86. The van der Waals surface area contributed by atoms with Gasteiger partial charge in [-0.1, -0.05) is 6.07 Å². The van der Waals surface area contributed by atoms with E-state index < -0.39 is 5.97 Å². The van der Waals surface area contributed by atoms with Crippen molar-refractivity contribution in [3.05, 3.63) is 52.8 Å². The number of hydrogen-bond acceptors (Lipinski definition) is 3. The molecule has 0 unspecified atom stereocenters. The quantitative estimate of drug-likeness (QED) is 0.914. The van der Waals surface area contributed by atoms with Gasteiger partial charge in [-0.2, -0.15) is 0 Å². The first-order chi connectivity index (χ1) is 8.99. The Kier molecular flexibility index (Phi) is 3.51. The van der Waals surface area contributed by atoms with Crippen LogP contribution in [0.15, 0.2) is 30.6 Å². The SMILES string of the molecule is Cc1cc(C)c(C)c(Oc2cnccc2C(=O)O)c1. The molecule has 98 valence electrons. The Labute approximate surface area is 111 Å². The van der Waals surface area contributed by atoms with Crippen LogP contribution in [0, 0.1) is 20.8 Å². The van der Waals surface area contributed by atoms with Gasteiger partial charge in [0, 0.05) is 6.20 Å². The van der Waals surface area contributed by atoms with Crippen LogP contribution < -0.4 is 4.74 Å². The minimum Gasteiger partial charge on any atom is -0.478 e. The first-order valence-electron chi connectivity index (χ1n) is 5.92. The van der Waals surface area contributed by atoms with Crippen LogP contribution in [0.1, 0.15) is 27.0 Å². The summed E-state index contributed by atoms with van der Waals surface area (Å²) in [5.41, 5.74) is 3.27. The summed E-state index contributed by atoms with van der Waals surface area (Å²) in [6.45, 7) is 5.91. The van der Waals surface area contributed by atoms with Gasteiger partial charge in [-0.05, 0) is 49.6 Å². The van der Waals surface area contributed by atoms with E-state index in [1.54, 1.807) is 0 Å². The van der Waals surface area contributed by atoms with Crippen molar-refractivity contribution in [3.63, 3.8) is 0 Å². The molecule has 0 spiro atoms. The first kappa shape index (κ1) is 13.1. The molecular formula is C15H15NO3. The molecule has 0 atom stereocenters. The Morgan fingerprint density at radius 2 is 1.95 bits per heavy atom. The van der Waals surface area contributed by atoms with Crippen LogP contribution in [-0.2, 0) is 0 Å². The van der Waals surface area contributed by atoms with Crippen molar-refractivity contribution in [1.82, 2.24) is 4.98 Å². The molecule has 1 N–H and O–H groups in total. The number of carboxylic acid groups (broad SMARTS) is 1. The molecule has 0 aliphatic heterocycles. The summed E-state index contributed by atoms with van der Waals surface area (Å²) in [7, 11) is 0. The molecule has 0 aliphatic carbocycles. The second-order valence-corrected chi connectivity index (χ2v) is 4.48. The van der Waals surface area contributed by atoms with E-state index in [0.717, 1.165) is 16.7 Å². The number of benzene rings is 1. The zero-order valence-electron chi connectivity index (χ0n) is 11.1. The molecule has 0 fully saturated rings. The van der Waals surface area contributed by atoms with Crippen LogP contribution in [0.2, 0.25) is 0 Å². The summed E-state index contributed by atoms with van der Waals surface area (Å²) < 4.78 is 5.72. The lowest BCUT2D eigenvalue weighted by Gasteiger charge is -2.13.